The van der Waals surface area contributed by atoms with Crippen molar-refractivity contribution in [2.75, 3.05) is 44.7 Å². The fourth-order valence-corrected chi connectivity index (χ4v) is 3.33. The number of anilines is 1. The predicted octanol–water partition coefficient (Wildman–Crippen LogP) is 2.75. The molecule has 1 unspecified atom stereocenters. The second-order valence-electron chi connectivity index (χ2n) is 6.70. The van der Waals surface area contributed by atoms with Gasteiger partial charge < -0.3 is 19.9 Å². The highest BCUT2D eigenvalue weighted by molar-refractivity contribution is 6.31. The molecule has 1 aromatic rings. The van der Waals surface area contributed by atoms with Gasteiger partial charge in [0.2, 0.25) is 5.91 Å². The van der Waals surface area contributed by atoms with Gasteiger partial charge in [0.05, 0.1) is 0 Å². The van der Waals surface area contributed by atoms with Crippen LogP contribution in [0.1, 0.15) is 18.4 Å². The van der Waals surface area contributed by atoms with Crippen LogP contribution >= 0.6 is 11.6 Å². The van der Waals surface area contributed by atoms with Crippen LogP contribution in [0.15, 0.2) is 18.2 Å². The molecule has 0 saturated carbocycles. The molecule has 2 aliphatic rings. The number of piperazine rings is 1. The summed E-state index contributed by atoms with van der Waals surface area (Å²) in [7, 11) is 0. The number of carbonyl (C=O) groups is 2. The first-order valence-electron chi connectivity index (χ1n) is 8.70. The maximum Gasteiger partial charge on any atom is 0.321 e. The largest absolute Gasteiger partial charge is 0.381 e. The number of nitrogens with one attached hydrogen (secondary N) is 1. The van der Waals surface area contributed by atoms with Gasteiger partial charge in [-0.1, -0.05) is 17.7 Å². The number of urea groups is 1. The smallest absolute Gasteiger partial charge is 0.321 e. The van der Waals surface area contributed by atoms with Gasteiger partial charge in [0.15, 0.2) is 0 Å². The van der Waals surface area contributed by atoms with Crippen molar-refractivity contribution in [3.8, 4) is 0 Å². The highest BCUT2D eigenvalue weighted by Gasteiger charge is 2.27. The Bertz CT molecular complexity index is 638. The first kappa shape index (κ1) is 18.0. The van der Waals surface area contributed by atoms with Crippen LogP contribution in [-0.4, -0.2) is 61.1 Å². The summed E-state index contributed by atoms with van der Waals surface area (Å²) < 4.78 is 5.32. The molecule has 1 aromatic carbocycles. The summed E-state index contributed by atoms with van der Waals surface area (Å²) in [6.45, 7) is 5.60. The molecule has 0 bridgehead atoms. The molecule has 6 nitrogen and oxygen atoms in total. The van der Waals surface area contributed by atoms with Gasteiger partial charge in [-0.2, -0.15) is 0 Å². The molecule has 2 saturated heterocycles. The number of benzene rings is 1. The maximum atomic E-state index is 12.4. The lowest BCUT2D eigenvalue weighted by Gasteiger charge is -2.35. The molecule has 2 aliphatic heterocycles. The number of nitrogens with zero attached hydrogens (tertiary/aromatic N) is 2. The van der Waals surface area contributed by atoms with Crippen molar-refractivity contribution >= 4 is 29.2 Å². The van der Waals surface area contributed by atoms with Crippen LogP contribution in [0.4, 0.5) is 10.5 Å². The van der Waals surface area contributed by atoms with E-state index in [1.807, 2.05) is 24.0 Å². The average molecular weight is 366 g/mol. The molecule has 1 atom stereocenters. The first-order chi connectivity index (χ1) is 12.0. The fourth-order valence-electron chi connectivity index (χ4n) is 3.15. The zero-order valence-corrected chi connectivity index (χ0v) is 15.2. The molecule has 3 rings (SSSR count). The molecular weight excluding hydrogens is 342 g/mol. The fraction of sp³-hybridized carbons (Fsp3) is 0.556. The van der Waals surface area contributed by atoms with Crippen LogP contribution in [-0.2, 0) is 9.53 Å². The summed E-state index contributed by atoms with van der Waals surface area (Å²) >= 11 is 6.09. The monoisotopic (exact) mass is 365 g/mol. The van der Waals surface area contributed by atoms with Gasteiger partial charge in [-0.05, 0) is 37.0 Å². The topological polar surface area (TPSA) is 61.9 Å². The van der Waals surface area contributed by atoms with E-state index in [1.54, 1.807) is 11.0 Å². The number of rotatable bonds is 3. The van der Waals surface area contributed by atoms with E-state index in [2.05, 4.69) is 5.32 Å². The Labute approximate surface area is 153 Å². The van der Waals surface area contributed by atoms with E-state index in [-0.39, 0.29) is 11.9 Å². The van der Waals surface area contributed by atoms with Crippen LogP contribution in [0, 0.1) is 12.8 Å². The van der Waals surface area contributed by atoms with Crippen LogP contribution in [0.5, 0.6) is 0 Å². The minimum atomic E-state index is -0.156. The van der Waals surface area contributed by atoms with Crippen LogP contribution in [0.3, 0.4) is 0 Å². The van der Waals surface area contributed by atoms with E-state index in [9.17, 15) is 9.59 Å². The second kappa shape index (κ2) is 8.06. The van der Waals surface area contributed by atoms with E-state index in [1.165, 1.54) is 0 Å². The van der Waals surface area contributed by atoms with Gasteiger partial charge in [0.25, 0.3) is 0 Å². The molecule has 0 aromatic heterocycles. The molecule has 1 N–H and O–H groups in total. The minimum absolute atomic E-state index is 0.156. The lowest BCUT2D eigenvalue weighted by Crippen LogP contribution is -2.51. The SMILES string of the molecule is Cc1ccc(NC(=O)N2CCN(C(=O)CC3CCOC3)CC2)cc1Cl. The Morgan fingerprint density at radius 3 is 2.60 bits per heavy atom. The number of amides is 3. The zero-order chi connectivity index (χ0) is 17.8. The third-order valence-electron chi connectivity index (χ3n) is 4.83. The highest BCUT2D eigenvalue weighted by atomic mass is 35.5. The number of ether oxygens (including phenoxy) is 1. The van der Waals surface area contributed by atoms with Crippen molar-refractivity contribution in [1.29, 1.82) is 0 Å². The van der Waals surface area contributed by atoms with E-state index in [0.717, 1.165) is 18.6 Å². The molecule has 7 heteroatoms. The van der Waals surface area contributed by atoms with Gasteiger partial charge >= 0.3 is 6.03 Å². The van der Waals surface area contributed by atoms with E-state index in [0.29, 0.717) is 55.8 Å². The highest BCUT2D eigenvalue weighted by Crippen LogP contribution is 2.21. The van der Waals surface area contributed by atoms with E-state index in [4.69, 9.17) is 16.3 Å². The number of hydrogen-bond donors (Lipinski definition) is 1. The van der Waals surface area contributed by atoms with Crippen molar-refractivity contribution < 1.29 is 14.3 Å². The van der Waals surface area contributed by atoms with Crippen molar-refractivity contribution in [2.45, 2.75) is 19.8 Å². The summed E-state index contributed by atoms with van der Waals surface area (Å²) in [5.41, 5.74) is 1.65. The van der Waals surface area contributed by atoms with Crippen molar-refractivity contribution in [3.63, 3.8) is 0 Å². The summed E-state index contributed by atoms with van der Waals surface area (Å²) in [5, 5.41) is 3.49. The zero-order valence-electron chi connectivity index (χ0n) is 14.5. The molecule has 136 valence electrons. The number of carbonyl (C=O) groups excluding carboxylic acids is 2. The number of aryl methyl sites for hydroxylation is 1. The van der Waals surface area contributed by atoms with Crippen LogP contribution < -0.4 is 5.32 Å². The van der Waals surface area contributed by atoms with Gasteiger partial charge in [-0.25, -0.2) is 4.79 Å². The Morgan fingerprint density at radius 2 is 1.96 bits per heavy atom. The number of halogens is 1. The molecule has 0 spiro atoms. The van der Waals surface area contributed by atoms with Gasteiger partial charge in [0.1, 0.15) is 0 Å². The molecule has 0 aliphatic carbocycles. The Morgan fingerprint density at radius 1 is 1.24 bits per heavy atom. The van der Waals surface area contributed by atoms with Gasteiger partial charge in [-0.15, -0.1) is 0 Å². The van der Waals surface area contributed by atoms with Gasteiger partial charge in [-0.3, -0.25) is 4.79 Å². The van der Waals surface area contributed by atoms with E-state index < -0.39 is 0 Å². The minimum Gasteiger partial charge on any atom is -0.381 e. The molecule has 0 radical (unpaired) electrons. The van der Waals surface area contributed by atoms with Crippen LogP contribution in [0.25, 0.3) is 0 Å². The van der Waals surface area contributed by atoms with E-state index >= 15 is 0 Å². The predicted molar refractivity (Wildman–Crippen MR) is 96.9 cm³/mol. The van der Waals surface area contributed by atoms with Crippen molar-refractivity contribution in [1.82, 2.24) is 9.80 Å². The number of hydrogen-bond acceptors (Lipinski definition) is 3. The third-order valence-corrected chi connectivity index (χ3v) is 5.24. The molecule has 3 amide bonds. The molecular formula is C18H24ClN3O3. The second-order valence-corrected chi connectivity index (χ2v) is 7.10. The molecule has 2 fully saturated rings. The lowest BCUT2D eigenvalue weighted by atomic mass is 10.0. The van der Waals surface area contributed by atoms with Crippen molar-refractivity contribution in [2.24, 2.45) is 5.92 Å². The normalized spacial score (nSPS) is 20.6. The van der Waals surface area contributed by atoms with Gasteiger partial charge in [0, 0.05) is 56.5 Å². The summed E-state index contributed by atoms with van der Waals surface area (Å²) in [6.07, 6.45) is 1.52. The summed E-state index contributed by atoms with van der Waals surface area (Å²) in [4.78, 5) is 28.3. The first-order valence-corrected chi connectivity index (χ1v) is 9.08. The molecule has 25 heavy (non-hydrogen) atoms. The summed E-state index contributed by atoms with van der Waals surface area (Å²) in [6, 6.07) is 5.30. The standard InChI is InChI=1S/C18H24ClN3O3/c1-13-2-3-15(11-16(13)19)20-18(24)22-7-5-21(6-8-22)17(23)10-14-4-9-25-12-14/h2-3,11,14H,4-10,12H2,1H3,(H,20,24). The Kier molecular flexibility index (Phi) is 5.81. The Balaban J connectivity index is 1.46. The quantitative estimate of drug-likeness (QED) is 0.895. The Hall–Kier alpha value is -1.79. The maximum absolute atomic E-state index is 12.4. The van der Waals surface area contributed by atoms with Crippen LogP contribution in [0.2, 0.25) is 5.02 Å². The molecule has 2 heterocycles. The lowest BCUT2D eigenvalue weighted by molar-refractivity contribution is -0.133. The average Bonchev–Trinajstić information content (AvgIpc) is 3.11. The third kappa shape index (κ3) is 4.64. The van der Waals surface area contributed by atoms with Crippen molar-refractivity contribution in [3.05, 3.63) is 28.8 Å². The summed E-state index contributed by atoms with van der Waals surface area (Å²) in [5.74, 6) is 0.515.